The van der Waals surface area contributed by atoms with E-state index in [-0.39, 0.29) is 5.56 Å². The van der Waals surface area contributed by atoms with Gasteiger partial charge >= 0.3 is 0 Å². The molecule has 16 heavy (non-hydrogen) atoms. The molecule has 0 amide bonds. The van der Waals surface area contributed by atoms with E-state index < -0.39 is 17.2 Å². The van der Waals surface area contributed by atoms with Crippen molar-refractivity contribution in [1.29, 1.82) is 0 Å². The quantitative estimate of drug-likeness (QED) is 0.781. The minimum atomic E-state index is -1.34. The lowest BCUT2D eigenvalue weighted by molar-refractivity contribution is 0.0349. The van der Waals surface area contributed by atoms with Crippen LogP contribution in [0.4, 0.5) is 4.39 Å². The molecular weight excluding hydrogens is 207 g/mol. The number of benzene rings is 1. The molecule has 0 atom stereocenters. The van der Waals surface area contributed by atoms with Gasteiger partial charge in [0.25, 0.3) is 0 Å². The number of halogens is 1. The van der Waals surface area contributed by atoms with Crippen molar-refractivity contribution >= 4 is 5.78 Å². The van der Waals surface area contributed by atoms with Gasteiger partial charge in [0.15, 0.2) is 5.78 Å². The van der Waals surface area contributed by atoms with Crippen LogP contribution in [0.1, 0.15) is 41.6 Å². The summed E-state index contributed by atoms with van der Waals surface area (Å²) < 4.78 is 13.5. The van der Waals surface area contributed by atoms with E-state index in [4.69, 9.17) is 0 Å². The Bertz CT molecular complexity index is 420. The Kier molecular flexibility index (Phi) is 2.80. The molecule has 1 N–H and O–H groups in total. The van der Waals surface area contributed by atoms with Gasteiger partial charge in [-0.2, -0.15) is 0 Å². The van der Waals surface area contributed by atoms with Gasteiger partial charge in [-0.3, -0.25) is 4.79 Å². The van der Waals surface area contributed by atoms with Crippen molar-refractivity contribution in [3.05, 3.63) is 35.1 Å². The Morgan fingerprint density at radius 2 is 2.00 bits per heavy atom. The number of hydrogen-bond donors (Lipinski definition) is 1. The van der Waals surface area contributed by atoms with E-state index in [0.29, 0.717) is 12.8 Å². The Morgan fingerprint density at radius 1 is 1.38 bits per heavy atom. The molecule has 0 bridgehead atoms. The predicted molar refractivity (Wildman–Crippen MR) is 58.9 cm³/mol. The van der Waals surface area contributed by atoms with E-state index in [9.17, 15) is 14.3 Å². The third-order valence-electron chi connectivity index (χ3n) is 3.22. The molecule has 1 aromatic rings. The van der Waals surface area contributed by atoms with E-state index in [2.05, 4.69) is 0 Å². The molecular formula is C13H15FO2. The minimum Gasteiger partial charge on any atom is -0.382 e. The van der Waals surface area contributed by atoms with Gasteiger partial charge in [0.05, 0.1) is 5.56 Å². The first-order chi connectivity index (χ1) is 7.53. The maximum Gasteiger partial charge on any atom is 0.197 e. The van der Waals surface area contributed by atoms with Gasteiger partial charge in [-0.1, -0.05) is 11.6 Å². The molecule has 0 heterocycles. The maximum atomic E-state index is 13.5. The number of aryl methyl sites for hydroxylation is 1. The summed E-state index contributed by atoms with van der Waals surface area (Å²) in [6.07, 6.45) is 2.55. The third-order valence-corrected chi connectivity index (χ3v) is 3.22. The first-order valence-corrected chi connectivity index (χ1v) is 5.56. The molecule has 1 fully saturated rings. The summed E-state index contributed by atoms with van der Waals surface area (Å²) in [5, 5.41) is 10.1. The van der Waals surface area contributed by atoms with Gasteiger partial charge in [0, 0.05) is 0 Å². The zero-order valence-electron chi connectivity index (χ0n) is 9.29. The molecule has 2 rings (SSSR count). The topological polar surface area (TPSA) is 37.3 Å². The van der Waals surface area contributed by atoms with Gasteiger partial charge in [-0.25, -0.2) is 4.39 Å². The van der Waals surface area contributed by atoms with Crippen LogP contribution in [-0.2, 0) is 0 Å². The summed E-state index contributed by atoms with van der Waals surface area (Å²) in [6, 6.07) is 4.40. The monoisotopic (exact) mass is 222 g/mol. The Balaban J connectivity index is 2.36. The fourth-order valence-corrected chi connectivity index (χ4v) is 2.25. The van der Waals surface area contributed by atoms with Crippen molar-refractivity contribution in [1.82, 2.24) is 0 Å². The predicted octanol–water partition coefficient (Wildman–Crippen LogP) is 2.62. The van der Waals surface area contributed by atoms with Gasteiger partial charge < -0.3 is 5.11 Å². The lowest BCUT2D eigenvalue weighted by Gasteiger charge is -2.20. The van der Waals surface area contributed by atoms with E-state index in [0.717, 1.165) is 18.4 Å². The summed E-state index contributed by atoms with van der Waals surface area (Å²) in [4.78, 5) is 12.1. The normalized spacial score (nSPS) is 18.7. The average Bonchev–Trinajstić information content (AvgIpc) is 2.69. The average molecular weight is 222 g/mol. The molecule has 0 saturated heterocycles. The largest absolute Gasteiger partial charge is 0.382 e. The second-order valence-electron chi connectivity index (χ2n) is 4.55. The van der Waals surface area contributed by atoms with E-state index in [1.807, 2.05) is 0 Å². The fourth-order valence-electron chi connectivity index (χ4n) is 2.25. The van der Waals surface area contributed by atoms with Crippen LogP contribution in [0.25, 0.3) is 0 Å². The summed E-state index contributed by atoms with van der Waals surface area (Å²) in [7, 11) is 0. The Hall–Kier alpha value is -1.22. The molecule has 0 radical (unpaired) electrons. The smallest absolute Gasteiger partial charge is 0.197 e. The van der Waals surface area contributed by atoms with Crippen molar-refractivity contribution in [2.24, 2.45) is 0 Å². The second-order valence-corrected chi connectivity index (χ2v) is 4.55. The Labute approximate surface area is 94.1 Å². The van der Waals surface area contributed by atoms with Crippen LogP contribution in [0.2, 0.25) is 0 Å². The molecule has 3 heteroatoms. The van der Waals surface area contributed by atoms with Gasteiger partial charge in [0.2, 0.25) is 0 Å². The van der Waals surface area contributed by atoms with Crippen molar-refractivity contribution in [2.75, 3.05) is 0 Å². The van der Waals surface area contributed by atoms with E-state index >= 15 is 0 Å². The van der Waals surface area contributed by atoms with Gasteiger partial charge in [-0.05, 0) is 44.7 Å². The SMILES string of the molecule is Cc1ccc(F)c(C(=O)C2(O)CCCC2)c1. The van der Waals surface area contributed by atoms with Crippen LogP contribution < -0.4 is 0 Å². The molecule has 1 aliphatic rings. The highest BCUT2D eigenvalue weighted by molar-refractivity contribution is 6.02. The molecule has 2 nitrogen and oxygen atoms in total. The van der Waals surface area contributed by atoms with Crippen molar-refractivity contribution in [2.45, 2.75) is 38.2 Å². The second kappa shape index (κ2) is 3.98. The summed E-state index contributed by atoms with van der Waals surface area (Å²) >= 11 is 0. The van der Waals surface area contributed by atoms with Crippen LogP contribution >= 0.6 is 0 Å². The highest BCUT2D eigenvalue weighted by Gasteiger charge is 2.40. The van der Waals surface area contributed by atoms with Crippen molar-refractivity contribution in [3.8, 4) is 0 Å². The molecule has 0 spiro atoms. The van der Waals surface area contributed by atoms with Crippen molar-refractivity contribution in [3.63, 3.8) is 0 Å². The van der Waals surface area contributed by atoms with Crippen LogP contribution in [0.5, 0.6) is 0 Å². The molecule has 86 valence electrons. The first kappa shape index (κ1) is 11.3. The lowest BCUT2D eigenvalue weighted by atomic mass is 9.90. The minimum absolute atomic E-state index is 0.0180. The standard InChI is InChI=1S/C13H15FO2/c1-9-4-5-11(14)10(8-9)12(15)13(16)6-2-3-7-13/h4-5,8,16H,2-3,6-7H2,1H3. The van der Waals surface area contributed by atoms with Crippen LogP contribution in [-0.4, -0.2) is 16.5 Å². The van der Waals surface area contributed by atoms with Gasteiger partial charge in [0.1, 0.15) is 11.4 Å². The number of carbonyl (C=O) groups is 1. The van der Waals surface area contributed by atoms with E-state index in [1.54, 1.807) is 13.0 Å². The first-order valence-electron chi connectivity index (χ1n) is 5.56. The highest BCUT2D eigenvalue weighted by atomic mass is 19.1. The molecule has 1 aromatic carbocycles. The third kappa shape index (κ3) is 1.87. The van der Waals surface area contributed by atoms with Crippen LogP contribution in [0.15, 0.2) is 18.2 Å². The number of hydrogen-bond acceptors (Lipinski definition) is 2. The number of Topliss-reactive ketones (excluding diaryl/α,β-unsaturated/α-hetero) is 1. The summed E-state index contributed by atoms with van der Waals surface area (Å²) in [5.41, 5.74) is -0.495. The number of rotatable bonds is 2. The number of ketones is 1. The lowest BCUT2D eigenvalue weighted by Crippen LogP contribution is -2.35. The van der Waals surface area contributed by atoms with Crippen molar-refractivity contribution < 1.29 is 14.3 Å². The fraction of sp³-hybridized carbons (Fsp3) is 0.462. The molecule has 0 unspecified atom stereocenters. The number of aliphatic hydroxyl groups is 1. The zero-order chi connectivity index (χ0) is 11.8. The molecule has 1 saturated carbocycles. The van der Waals surface area contributed by atoms with Gasteiger partial charge in [-0.15, -0.1) is 0 Å². The summed E-state index contributed by atoms with van der Waals surface area (Å²) in [6.45, 7) is 1.80. The van der Waals surface area contributed by atoms with Crippen LogP contribution in [0, 0.1) is 12.7 Å². The molecule has 0 aliphatic heterocycles. The maximum absolute atomic E-state index is 13.5. The Morgan fingerprint density at radius 3 is 2.62 bits per heavy atom. The zero-order valence-corrected chi connectivity index (χ0v) is 9.29. The molecule has 1 aliphatic carbocycles. The summed E-state index contributed by atoms with van der Waals surface area (Å²) in [5.74, 6) is -1.01. The van der Waals surface area contributed by atoms with Crippen LogP contribution in [0.3, 0.4) is 0 Å². The molecule has 0 aromatic heterocycles. The number of carbonyl (C=O) groups excluding carboxylic acids is 1. The van der Waals surface area contributed by atoms with E-state index in [1.165, 1.54) is 12.1 Å². The highest BCUT2D eigenvalue weighted by Crippen LogP contribution is 2.33.